The average molecular weight is 278 g/mol. The Morgan fingerprint density at radius 3 is 2.40 bits per heavy atom. The molecule has 2 rings (SSSR count). The predicted octanol–water partition coefficient (Wildman–Crippen LogP) is 1.56. The third-order valence-corrected chi connectivity index (χ3v) is 3.86. The van der Waals surface area contributed by atoms with Crippen LogP contribution in [0.5, 0.6) is 11.5 Å². The lowest BCUT2D eigenvalue weighted by Crippen LogP contribution is -2.36. The minimum absolute atomic E-state index is 0.124. The summed E-state index contributed by atoms with van der Waals surface area (Å²) < 4.78 is 10.3. The third-order valence-electron chi connectivity index (χ3n) is 3.86. The van der Waals surface area contributed by atoms with Crippen LogP contribution in [0.15, 0.2) is 18.2 Å². The molecule has 5 heteroatoms. The molecule has 1 saturated carbocycles. The first kappa shape index (κ1) is 14.7. The topological polar surface area (TPSA) is 73.6 Å². The molecule has 20 heavy (non-hydrogen) atoms. The molecule has 1 aliphatic rings. The molecule has 1 aliphatic carbocycles. The first-order valence-corrected chi connectivity index (χ1v) is 6.91. The molecule has 0 heterocycles. The zero-order valence-electron chi connectivity index (χ0n) is 12.0. The highest BCUT2D eigenvalue weighted by molar-refractivity contribution is 5.95. The van der Waals surface area contributed by atoms with Crippen LogP contribution in [0.25, 0.3) is 0 Å². The number of hydrogen-bond acceptors (Lipinski definition) is 4. The Morgan fingerprint density at radius 2 is 1.90 bits per heavy atom. The van der Waals surface area contributed by atoms with Crippen LogP contribution in [-0.2, 0) is 0 Å². The number of carbonyl (C=O) groups is 1. The molecule has 2 unspecified atom stereocenters. The van der Waals surface area contributed by atoms with Crippen molar-refractivity contribution in [3.8, 4) is 11.5 Å². The van der Waals surface area contributed by atoms with Crippen molar-refractivity contribution in [1.29, 1.82) is 0 Å². The summed E-state index contributed by atoms with van der Waals surface area (Å²) in [5.74, 6) is 1.46. The summed E-state index contributed by atoms with van der Waals surface area (Å²) in [5, 5.41) is 2.94. The number of ether oxygens (including phenoxy) is 2. The average Bonchev–Trinajstić information content (AvgIpc) is 2.89. The van der Waals surface area contributed by atoms with Crippen molar-refractivity contribution in [2.75, 3.05) is 20.8 Å². The molecule has 110 valence electrons. The number of nitrogens with one attached hydrogen (secondary N) is 1. The molecule has 1 aromatic rings. The molecule has 0 saturated heterocycles. The van der Waals surface area contributed by atoms with E-state index in [1.807, 2.05) is 0 Å². The number of methoxy groups -OCH3 is 2. The zero-order valence-corrected chi connectivity index (χ0v) is 12.0. The van der Waals surface area contributed by atoms with Gasteiger partial charge in [0.2, 0.25) is 0 Å². The molecule has 0 aliphatic heterocycles. The van der Waals surface area contributed by atoms with Crippen LogP contribution in [0.1, 0.15) is 29.6 Å². The van der Waals surface area contributed by atoms with Gasteiger partial charge in [-0.05, 0) is 30.9 Å². The van der Waals surface area contributed by atoms with Gasteiger partial charge in [0.15, 0.2) is 0 Å². The van der Waals surface area contributed by atoms with Crippen molar-refractivity contribution in [2.24, 2.45) is 11.7 Å². The SMILES string of the molecule is COc1cc(OC)cc(C(=O)NCC2CCCC2N)c1. The maximum Gasteiger partial charge on any atom is 0.251 e. The molecule has 0 aromatic heterocycles. The van der Waals surface area contributed by atoms with E-state index >= 15 is 0 Å². The minimum atomic E-state index is -0.124. The lowest BCUT2D eigenvalue weighted by molar-refractivity contribution is 0.0945. The van der Waals surface area contributed by atoms with Crippen molar-refractivity contribution in [3.05, 3.63) is 23.8 Å². The number of rotatable bonds is 5. The molecule has 0 radical (unpaired) electrons. The first-order chi connectivity index (χ1) is 9.63. The van der Waals surface area contributed by atoms with Gasteiger partial charge in [-0.15, -0.1) is 0 Å². The van der Waals surface area contributed by atoms with Crippen LogP contribution in [-0.4, -0.2) is 32.7 Å². The van der Waals surface area contributed by atoms with E-state index in [0.717, 1.165) is 19.3 Å². The Balaban J connectivity index is 2.01. The summed E-state index contributed by atoms with van der Waals surface area (Å²) in [5.41, 5.74) is 6.54. The van der Waals surface area contributed by atoms with E-state index < -0.39 is 0 Å². The standard InChI is InChI=1S/C15H22N2O3/c1-19-12-6-11(7-13(8-12)20-2)15(18)17-9-10-4-3-5-14(10)16/h6-8,10,14H,3-5,9,16H2,1-2H3,(H,17,18). The Kier molecular flexibility index (Phi) is 4.84. The summed E-state index contributed by atoms with van der Waals surface area (Å²) in [4.78, 5) is 12.2. The smallest absolute Gasteiger partial charge is 0.251 e. The molecular weight excluding hydrogens is 256 g/mol. The molecule has 0 bridgehead atoms. The number of amides is 1. The molecule has 1 amide bonds. The van der Waals surface area contributed by atoms with Crippen LogP contribution in [0.4, 0.5) is 0 Å². The largest absolute Gasteiger partial charge is 0.497 e. The molecule has 2 atom stereocenters. The third kappa shape index (κ3) is 3.42. The number of hydrogen-bond donors (Lipinski definition) is 2. The van der Waals surface area contributed by atoms with Crippen LogP contribution >= 0.6 is 0 Å². The van der Waals surface area contributed by atoms with E-state index in [1.165, 1.54) is 0 Å². The second-order valence-corrected chi connectivity index (χ2v) is 5.17. The van der Waals surface area contributed by atoms with Gasteiger partial charge >= 0.3 is 0 Å². The fourth-order valence-corrected chi connectivity index (χ4v) is 2.58. The second-order valence-electron chi connectivity index (χ2n) is 5.17. The Hall–Kier alpha value is -1.75. The summed E-state index contributed by atoms with van der Waals surface area (Å²) >= 11 is 0. The lowest BCUT2D eigenvalue weighted by atomic mass is 10.0. The Labute approximate surface area is 119 Å². The summed E-state index contributed by atoms with van der Waals surface area (Å²) in [6.45, 7) is 0.625. The Bertz CT molecular complexity index is 454. The quantitative estimate of drug-likeness (QED) is 0.857. The summed E-state index contributed by atoms with van der Waals surface area (Å²) in [7, 11) is 3.13. The summed E-state index contributed by atoms with van der Waals surface area (Å²) in [6, 6.07) is 5.35. The van der Waals surface area contributed by atoms with Gasteiger partial charge in [0, 0.05) is 24.2 Å². The van der Waals surface area contributed by atoms with Gasteiger partial charge in [0.05, 0.1) is 14.2 Å². The van der Waals surface area contributed by atoms with Crippen LogP contribution in [0.3, 0.4) is 0 Å². The minimum Gasteiger partial charge on any atom is -0.497 e. The van der Waals surface area contributed by atoms with Crippen molar-refractivity contribution < 1.29 is 14.3 Å². The van der Waals surface area contributed by atoms with Gasteiger partial charge in [0.1, 0.15) is 11.5 Å². The van der Waals surface area contributed by atoms with Crippen molar-refractivity contribution >= 4 is 5.91 Å². The predicted molar refractivity (Wildman–Crippen MR) is 77.2 cm³/mol. The molecule has 1 aromatic carbocycles. The van der Waals surface area contributed by atoms with Crippen molar-refractivity contribution in [1.82, 2.24) is 5.32 Å². The van der Waals surface area contributed by atoms with Gasteiger partial charge < -0.3 is 20.5 Å². The molecule has 0 spiro atoms. The Morgan fingerprint density at radius 1 is 1.25 bits per heavy atom. The van der Waals surface area contributed by atoms with E-state index in [-0.39, 0.29) is 11.9 Å². The number of benzene rings is 1. The highest BCUT2D eigenvalue weighted by atomic mass is 16.5. The van der Waals surface area contributed by atoms with E-state index in [9.17, 15) is 4.79 Å². The van der Waals surface area contributed by atoms with Gasteiger partial charge in [-0.3, -0.25) is 4.79 Å². The normalized spacial score (nSPS) is 21.6. The second kappa shape index (κ2) is 6.61. The maximum absolute atomic E-state index is 12.2. The van der Waals surface area contributed by atoms with Gasteiger partial charge in [-0.1, -0.05) is 6.42 Å². The van der Waals surface area contributed by atoms with Gasteiger partial charge in [-0.25, -0.2) is 0 Å². The number of nitrogens with two attached hydrogens (primary N) is 1. The van der Waals surface area contributed by atoms with E-state index in [4.69, 9.17) is 15.2 Å². The van der Waals surface area contributed by atoms with Crippen molar-refractivity contribution in [3.63, 3.8) is 0 Å². The molecule has 5 nitrogen and oxygen atoms in total. The molecule has 3 N–H and O–H groups in total. The zero-order chi connectivity index (χ0) is 14.5. The van der Waals surface area contributed by atoms with Gasteiger partial charge in [0.25, 0.3) is 5.91 Å². The van der Waals surface area contributed by atoms with Crippen LogP contribution in [0, 0.1) is 5.92 Å². The van der Waals surface area contributed by atoms with E-state index in [0.29, 0.717) is 29.5 Å². The van der Waals surface area contributed by atoms with E-state index in [1.54, 1.807) is 32.4 Å². The highest BCUT2D eigenvalue weighted by Crippen LogP contribution is 2.24. The maximum atomic E-state index is 12.2. The lowest BCUT2D eigenvalue weighted by Gasteiger charge is -2.16. The van der Waals surface area contributed by atoms with Gasteiger partial charge in [-0.2, -0.15) is 0 Å². The van der Waals surface area contributed by atoms with E-state index in [2.05, 4.69) is 5.32 Å². The first-order valence-electron chi connectivity index (χ1n) is 6.91. The van der Waals surface area contributed by atoms with Crippen molar-refractivity contribution in [2.45, 2.75) is 25.3 Å². The van der Waals surface area contributed by atoms with Crippen LogP contribution in [0.2, 0.25) is 0 Å². The fourth-order valence-electron chi connectivity index (χ4n) is 2.58. The number of carbonyl (C=O) groups excluding carboxylic acids is 1. The van der Waals surface area contributed by atoms with Crippen LogP contribution < -0.4 is 20.5 Å². The fraction of sp³-hybridized carbons (Fsp3) is 0.533. The highest BCUT2D eigenvalue weighted by Gasteiger charge is 2.24. The molecule has 1 fully saturated rings. The summed E-state index contributed by atoms with van der Waals surface area (Å²) in [6.07, 6.45) is 3.28. The monoisotopic (exact) mass is 278 g/mol. The molecular formula is C15H22N2O3.